The number of nitrogens with zero attached hydrogens (tertiary/aromatic N) is 1. The lowest BCUT2D eigenvalue weighted by Gasteiger charge is -2.13. The van der Waals surface area contributed by atoms with Crippen LogP contribution < -0.4 is 5.73 Å². The number of nitriles is 1. The number of nitrogens with two attached hydrogens (primary N) is 1. The largest absolute Gasteiger partial charge is 0.328 e. The van der Waals surface area contributed by atoms with Gasteiger partial charge in [-0.05, 0) is 13.8 Å². The van der Waals surface area contributed by atoms with E-state index in [2.05, 4.69) is 0 Å². The van der Waals surface area contributed by atoms with E-state index in [-0.39, 0.29) is 12.3 Å². The highest BCUT2D eigenvalue weighted by molar-refractivity contribution is 5.84. The molecule has 0 aromatic rings. The maximum atomic E-state index is 10.6. The van der Waals surface area contributed by atoms with E-state index in [0.29, 0.717) is 0 Å². The maximum absolute atomic E-state index is 10.6. The Morgan fingerprint density at radius 1 is 1.89 bits per heavy atom. The van der Waals surface area contributed by atoms with Gasteiger partial charge in [0.15, 0.2) is 5.78 Å². The Labute approximate surface area is 54.5 Å². The zero-order chi connectivity index (χ0) is 7.49. The van der Waals surface area contributed by atoms with Gasteiger partial charge in [0.2, 0.25) is 0 Å². The first-order chi connectivity index (χ1) is 4.06. The van der Waals surface area contributed by atoms with E-state index in [0.717, 1.165) is 0 Å². The fourth-order valence-electron chi connectivity index (χ4n) is 0.268. The van der Waals surface area contributed by atoms with Gasteiger partial charge in [0.1, 0.15) is 5.41 Å². The lowest BCUT2D eigenvalue weighted by atomic mass is 9.89. The number of carbonyl (C=O) groups excluding carboxylic acids is 1. The van der Waals surface area contributed by atoms with Crippen LogP contribution in [0, 0.1) is 16.7 Å². The van der Waals surface area contributed by atoms with Crippen molar-refractivity contribution < 1.29 is 4.79 Å². The van der Waals surface area contributed by atoms with E-state index < -0.39 is 5.41 Å². The van der Waals surface area contributed by atoms with Crippen molar-refractivity contribution in [3.8, 4) is 6.07 Å². The lowest BCUT2D eigenvalue weighted by molar-refractivity contribution is -0.122. The van der Waals surface area contributed by atoms with Crippen LogP contribution in [0.25, 0.3) is 0 Å². The summed E-state index contributed by atoms with van der Waals surface area (Å²) in [7, 11) is 0. The fraction of sp³-hybridized carbons (Fsp3) is 0.667. The van der Waals surface area contributed by atoms with Crippen molar-refractivity contribution >= 4 is 5.78 Å². The first-order valence-electron chi connectivity index (χ1n) is 2.69. The Hall–Kier alpha value is -0.880. The molecule has 2 N–H and O–H groups in total. The Morgan fingerprint density at radius 2 is 2.33 bits per heavy atom. The zero-order valence-electron chi connectivity index (χ0n) is 5.64. The first kappa shape index (κ1) is 8.12. The normalized spacial score (nSPS) is 15.8. The predicted octanol–water partition coefficient (Wildman–Crippen LogP) is 0.0640. The highest BCUT2D eigenvalue weighted by Crippen LogP contribution is 2.12. The molecule has 0 fully saturated rings. The van der Waals surface area contributed by atoms with E-state index in [1.807, 2.05) is 6.07 Å². The Kier molecular flexibility index (Phi) is 2.35. The summed E-state index contributed by atoms with van der Waals surface area (Å²) in [5, 5.41) is 8.40. The number of ketones is 1. The average Bonchev–Trinajstić information content (AvgIpc) is 1.86. The quantitative estimate of drug-likeness (QED) is 0.569. The molecule has 0 heterocycles. The summed E-state index contributed by atoms with van der Waals surface area (Å²) in [5.41, 5.74) is 4.20. The summed E-state index contributed by atoms with van der Waals surface area (Å²) in [6, 6.07) is 1.85. The molecule has 0 bridgehead atoms. The highest BCUT2D eigenvalue weighted by Gasteiger charge is 2.27. The predicted molar refractivity (Wildman–Crippen MR) is 33.5 cm³/mol. The van der Waals surface area contributed by atoms with Crippen molar-refractivity contribution in [1.82, 2.24) is 0 Å². The molecule has 0 saturated heterocycles. The SMILES string of the molecule is CC(=O)C(C)(C#N)CN. The van der Waals surface area contributed by atoms with Crippen LogP contribution in [0.5, 0.6) is 0 Å². The molecule has 0 rings (SSSR count). The minimum atomic E-state index is -0.972. The molecule has 0 amide bonds. The van der Waals surface area contributed by atoms with Crippen LogP contribution in [0.15, 0.2) is 0 Å². The molecule has 0 aliphatic rings. The molecular weight excluding hydrogens is 116 g/mol. The van der Waals surface area contributed by atoms with Crippen molar-refractivity contribution in [2.45, 2.75) is 13.8 Å². The molecule has 1 atom stereocenters. The van der Waals surface area contributed by atoms with Crippen molar-refractivity contribution in [3.05, 3.63) is 0 Å². The highest BCUT2D eigenvalue weighted by atomic mass is 16.1. The number of rotatable bonds is 2. The van der Waals surface area contributed by atoms with Gasteiger partial charge in [-0.15, -0.1) is 0 Å². The number of hydrogen-bond acceptors (Lipinski definition) is 3. The van der Waals surface area contributed by atoms with Crippen molar-refractivity contribution in [1.29, 1.82) is 5.26 Å². The number of hydrogen-bond donors (Lipinski definition) is 1. The molecular formula is C6H10N2O. The minimum absolute atomic E-state index is 0.0961. The second kappa shape index (κ2) is 2.60. The maximum Gasteiger partial charge on any atom is 0.151 e. The summed E-state index contributed by atoms with van der Waals surface area (Å²) in [4.78, 5) is 10.6. The van der Waals surface area contributed by atoms with E-state index in [1.165, 1.54) is 13.8 Å². The van der Waals surface area contributed by atoms with E-state index >= 15 is 0 Å². The second-order valence-electron chi connectivity index (χ2n) is 2.20. The second-order valence-corrected chi connectivity index (χ2v) is 2.20. The molecule has 0 aliphatic heterocycles. The van der Waals surface area contributed by atoms with Crippen LogP contribution in [0.4, 0.5) is 0 Å². The van der Waals surface area contributed by atoms with Gasteiger partial charge >= 0.3 is 0 Å². The summed E-state index contributed by atoms with van der Waals surface area (Å²) in [6.45, 7) is 3.00. The first-order valence-corrected chi connectivity index (χ1v) is 2.69. The molecule has 3 heteroatoms. The van der Waals surface area contributed by atoms with Gasteiger partial charge in [0, 0.05) is 6.54 Å². The summed E-state index contributed by atoms with van der Waals surface area (Å²) >= 11 is 0. The van der Waals surface area contributed by atoms with Crippen molar-refractivity contribution in [2.75, 3.05) is 6.54 Å². The molecule has 1 unspecified atom stereocenters. The zero-order valence-corrected chi connectivity index (χ0v) is 5.64. The van der Waals surface area contributed by atoms with Gasteiger partial charge in [-0.2, -0.15) is 5.26 Å². The third-order valence-corrected chi connectivity index (χ3v) is 1.43. The summed E-state index contributed by atoms with van der Waals surface area (Å²) < 4.78 is 0. The van der Waals surface area contributed by atoms with Gasteiger partial charge in [-0.1, -0.05) is 0 Å². The van der Waals surface area contributed by atoms with Crippen LogP contribution in [-0.4, -0.2) is 12.3 Å². The Bertz CT molecular complexity index is 159. The third kappa shape index (κ3) is 1.51. The van der Waals surface area contributed by atoms with Crippen LogP contribution in [0.3, 0.4) is 0 Å². The van der Waals surface area contributed by atoms with Crippen molar-refractivity contribution in [2.24, 2.45) is 11.1 Å². The Balaban J connectivity index is 4.33. The monoisotopic (exact) mass is 126 g/mol. The third-order valence-electron chi connectivity index (χ3n) is 1.43. The smallest absolute Gasteiger partial charge is 0.151 e. The number of Topliss-reactive ketones (excluding diaryl/α,β-unsaturated/α-hetero) is 1. The molecule has 50 valence electrons. The molecule has 0 saturated carbocycles. The minimum Gasteiger partial charge on any atom is -0.328 e. The molecule has 3 nitrogen and oxygen atoms in total. The van der Waals surface area contributed by atoms with Gasteiger partial charge in [-0.25, -0.2) is 0 Å². The lowest BCUT2D eigenvalue weighted by Crippen LogP contribution is -2.32. The van der Waals surface area contributed by atoms with E-state index in [9.17, 15) is 4.79 Å². The topological polar surface area (TPSA) is 66.9 Å². The van der Waals surface area contributed by atoms with Crippen LogP contribution >= 0.6 is 0 Å². The summed E-state index contributed by atoms with van der Waals surface area (Å²) in [6.07, 6.45) is 0. The van der Waals surface area contributed by atoms with E-state index in [4.69, 9.17) is 11.0 Å². The standard InChI is InChI=1S/C6H10N2O/c1-5(9)6(2,3-7)4-8/h3,7H2,1-2H3. The molecule has 0 aliphatic carbocycles. The van der Waals surface area contributed by atoms with Gasteiger partial charge in [-0.3, -0.25) is 4.79 Å². The van der Waals surface area contributed by atoms with Crippen LogP contribution in [-0.2, 0) is 4.79 Å². The molecule has 0 spiro atoms. The fourth-order valence-corrected chi connectivity index (χ4v) is 0.268. The van der Waals surface area contributed by atoms with Crippen LogP contribution in [0.2, 0.25) is 0 Å². The number of carbonyl (C=O) groups is 1. The van der Waals surface area contributed by atoms with Gasteiger partial charge < -0.3 is 5.73 Å². The van der Waals surface area contributed by atoms with Gasteiger partial charge in [0.05, 0.1) is 6.07 Å². The van der Waals surface area contributed by atoms with Crippen molar-refractivity contribution in [3.63, 3.8) is 0 Å². The average molecular weight is 126 g/mol. The summed E-state index contributed by atoms with van der Waals surface area (Å²) in [5.74, 6) is -0.174. The van der Waals surface area contributed by atoms with E-state index in [1.54, 1.807) is 0 Å². The van der Waals surface area contributed by atoms with Gasteiger partial charge in [0.25, 0.3) is 0 Å². The molecule has 9 heavy (non-hydrogen) atoms. The molecule has 0 radical (unpaired) electrons. The molecule has 0 aromatic carbocycles. The molecule has 0 aromatic heterocycles. The van der Waals surface area contributed by atoms with Crippen LogP contribution in [0.1, 0.15) is 13.8 Å². The Morgan fingerprint density at radius 3 is 2.33 bits per heavy atom.